The van der Waals surface area contributed by atoms with Crippen LogP contribution in [0.5, 0.6) is 0 Å². The molecule has 5 rings (SSSR count). The van der Waals surface area contributed by atoms with Gasteiger partial charge in [0.05, 0.1) is 19.3 Å². The number of aromatic nitrogens is 5. The highest BCUT2D eigenvalue weighted by Gasteiger charge is 2.39. The van der Waals surface area contributed by atoms with Crippen molar-refractivity contribution in [2.75, 3.05) is 51.3 Å². The zero-order valence-electron chi connectivity index (χ0n) is 16.5. The highest BCUT2D eigenvalue weighted by molar-refractivity contribution is 7.86. The van der Waals surface area contributed by atoms with Crippen LogP contribution in [-0.2, 0) is 14.9 Å². The second kappa shape index (κ2) is 7.54. The summed E-state index contributed by atoms with van der Waals surface area (Å²) in [5, 5.41) is 13.1. The van der Waals surface area contributed by atoms with Crippen molar-refractivity contribution in [3.05, 3.63) is 36.7 Å². The Kier molecular flexibility index (Phi) is 4.85. The summed E-state index contributed by atoms with van der Waals surface area (Å²) in [5.41, 5.74) is 1.47. The van der Waals surface area contributed by atoms with Gasteiger partial charge in [-0.15, -0.1) is 15.3 Å². The molecule has 3 aromatic rings. The lowest BCUT2D eigenvalue weighted by Crippen LogP contribution is -2.62. The molecule has 0 aromatic carbocycles. The van der Waals surface area contributed by atoms with Gasteiger partial charge in [-0.25, -0.2) is 0 Å². The van der Waals surface area contributed by atoms with Gasteiger partial charge in [-0.05, 0) is 24.3 Å². The molecule has 2 aliphatic heterocycles. The summed E-state index contributed by atoms with van der Waals surface area (Å²) in [6.07, 6.45) is 3.42. The number of ether oxygens (including phenoxy) is 1. The van der Waals surface area contributed by atoms with Crippen LogP contribution in [0.3, 0.4) is 0 Å². The molecular weight excluding hydrogens is 408 g/mol. The van der Waals surface area contributed by atoms with Gasteiger partial charge in [0.25, 0.3) is 10.2 Å². The quantitative estimate of drug-likeness (QED) is 0.551. The van der Waals surface area contributed by atoms with E-state index in [-0.39, 0.29) is 6.04 Å². The zero-order valence-corrected chi connectivity index (χ0v) is 17.3. The smallest absolute Gasteiger partial charge is 0.282 e. The molecule has 2 fully saturated rings. The van der Waals surface area contributed by atoms with Gasteiger partial charge < -0.3 is 9.64 Å². The predicted molar refractivity (Wildman–Crippen MR) is 109 cm³/mol. The normalized spacial score (nSPS) is 18.8. The second-order valence-electron chi connectivity index (χ2n) is 7.32. The number of anilines is 1. The van der Waals surface area contributed by atoms with E-state index in [1.54, 1.807) is 24.0 Å². The second-order valence-corrected chi connectivity index (χ2v) is 9.31. The van der Waals surface area contributed by atoms with E-state index in [0.29, 0.717) is 50.9 Å². The summed E-state index contributed by atoms with van der Waals surface area (Å²) in [4.78, 5) is 6.17. The monoisotopic (exact) mass is 430 g/mol. The summed E-state index contributed by atoms with van der Waals surface area (Å²) in [6, 6.07) is 7.38. The Bertz CT molecular complexity index is 1140. The van der Waals surface area contributed by atoms with Crippen LogP contribution in [0.1, 0.15) is 0 Å². The highest BCUT2D eigenvalue weighted by Crippen LogP contribution is 2.25. The molecule has 0 saturated carbocycles. The minimum atomic E-state index is -3.49. The van der Waals surface area contributed by atoms with Crippen molar-refractivity contribution in [2.24, 2.45) is 0 Å². The fourth-order valence-electron chi connectivity index (χ4n) is 3.64. The molecular formula is C18H22N8O3S. The fourth-order valence-corrected chi connectivity index (χ4v) is 5.13. The summed E-state index contributed by atoms with van der Waals surface area (Å²) < 4.78 is 35.6. The van der Waals surface area contributed by atoms with Crippen LogP contribution < -0.4 is 4.90 Å². The minimum absolute atomic E-state index is 0.103. The fraction of sp³-hybridized carbons (Fsp3) is 0.444. The number of morpholine rings is 1. The van der Waals surface area contributed by atoms with Gasteiger partial charge >= 0.3 is 0 Å². The van der Waals surface area contributed by atoms with Crippen molar-refractivity contribution >= 4 is 21.7 Å². The molecule has 0 unspecified atom stereocenters. The van der Waals surface area contributed by atoms with Gasteiger partial charge in [0.15, 0.2) is 11.5 Å². The minimum Gasteiger partial charge on any atom is -0.379 e. The SMILES string of the molecule is CN(C1CN(c2ccc3nnc(-c4cccnc4)n3n2)C1)S(=O)(=O)N1CCOCC1. The van der Waals surface area contributed by atoms with Gasteiger partial charge in [0.2, 0.25) is 0 Å². The first kappa shape index (κ1) is 19.3. The third-order valence-electron chi connectivity index (χ3n) is 5.53. The van der Waals surface area contributed by atoms with Crippen molar-refractivity contribution in [2.45, 2.75) is 6.04 Å². The number of hydrogen-bond donors (Lipinski definition) is 0. The van der Waals surface area contributed by atoms with Crippen LogP contribution in [0.4, 0.5) is 5.82 Å². The lowest BCUT2D eigenvalue weighted by molar-refractivity contribution is 0.0695. The number of nitrogens with zero attached hydrogens (tertiary/aromatic N) is 8. The summed E-state index contributed by atoms with van der Waals surface area (Å²) in [7, 11) is -1.85. The van der Waals surface area contributed by atoms with Crippen molar-refractivity contribution < 1.29 is 13.2 Å². The van der Waals surface area contributed by atoms with Crippen LogP contribution in [0, 0.1) is 0 Å². The summed E-state index contributed by atoms with van der Waals surface area (Å²) >= 11 is 0. The van der Waals surface area contributed by atoms with Crippen molar-refractivity contribution in [3.63, 3.8) is 0 Å². The molecule has 0 bridgehead atoms. The lowest BCUT2D eigenvalue weighted by Gasteiger charge is -2.45. The number of fused-ring (bicyclic) bond motifs is 1. The van der Waals surface area contributed by atoms with Crippen LogP contribution in [-0.4, -0.2) is 94.3 Å². The number of likely N-dealkylation sites (N-methyl/N-ethyl adjacent to an activating group) is 1. The van der Waals surface area contributed by atoms with E-state index >= 15 is 0 Å². The van der Waals surface area contributed by atoms with Crippen LogP contribution in [0.2, 0.25) is 0 Å². The highest BCUT2D eigenvalue weighted by atomic mass is 32.2. The third kappa shape index (κ3) is 3.31. The van der Waals surface area contributed by atoms with Crippen LogP contribution in [0.15, 0.2) is 36.7 Å². The third-order valence-corrected chi connectivity index (χ3v) is 7.57. The topological polar surface area (TPSA) is 109 Å². The van der Waals surface area contributed by atoms with Crippen LogP contribution in [0.25, 0.3) is 17.0 Å². The Morgan fingerprint density at radius 3 is 2.67 bits per heavy atom. The average molecular weight is 430 g/mol. The van der Waals surface area contributed by atoms with Gasteiger partial charge in [-0.3, -0.25) is 4.98 Å². The molecule has 2 aliphatic rings. The number of pyridine rings is 1. The van der Waals surface area contributed by atoms with Gasteiger partial charge in [0, 0.05) is 51.2 Å². The molecule has 0 aliphatic carbocycles. The molecule has 3 aromatic heterocycles. The molecule has 5 heterocycles. The van der Waals surface area contributed by atoms with Crippen molar-refractivity contribution in [3.8, 4) is 11.4 Å². The maximum Gasteiger partial charge on any atom is 0.282 e. The predicted octanol–water partition coefficient (Wildman–Crippen LogP) is -0.116. The zero-order chi connectivity index (χ0) is 20.7. The first-order valence-electron chi connectivity index (χ1n) is 9.73. The first-order valence-corrected chi connectivity index (χ1v) is 11.1. The Morgan fingerprint density at radius 1 is 1.13 bits per heavy atom. The Balaban J connectivity index is 1.32. The summed E-state index contributed by atoms with van der Waals surface area (Å²) in [6.45, 7) is 2.81. The Morgan fingerprint density at radius 2 is 1.93 bits per heavy atom. The first-order chi connectivity index (χ1) is 14.5. The van der Waals surface area contributed by atoms with Crippen LogP contribution >= 0.6 is 0 Å². The van der Waals surface area contributed by atoms with Gasteiger partial charge in [0.1, 0.15) is 5.82 Å². The molecule has 0 amide bonds. The summed E-state index contributed by atoms with van der Waals surface area (Å²) in [5.74, 6) is 1.37. The van der Waals surface area contributed by atoms with E-state index in [1.807, 2.05) is 29.2 Å². The lowest BCUT2D eigenvalue weighted by atomic mass is 10.1. The average Bonchev–Trinajstić information content (AvgIpc) is 3.17. The molecule has 0 spiro atoms. The molecule has 0 N–H and O–H groups in total. The largest absolute Gasteiger partial charge is 0.379 e. The molecule has 0 radical (unpaired) electrons. The van der Waals surface area contributed by atoms with E-state index in [0.717, 1.165) is 11.4 Å². The molecule has 158 valence electrons. The molecule has 12 heteroatoms. The van der Waals surface area contributed by atoms with Gasteiger partial charge in [-0.2, -0.15) is 21.5 Å². The number of hydrogen-bond acceptors (Lipinski definition) is 8. The standard InChI is InChI=1S/C18H22N8O3S/c1-23(30(27,28)25-7-9-29-10-8-25)15-12-24(13-15)17-5-4-16-20-21-18(26(16)22-17)14-3-2-6-19-11-14/h2-6,11,15H,7-10,12-13H2,1H3. The maximum absolute atomic E-state index is 12.8. The van der Waals surface area contributed by atoms with E-state index in [2.05, 4.69) is 20.3 Å². The maximum atomic E-state index is 12.8. The Labute approximate surface area is 174 Å². The van der Waals surface area contributed by atoms with E-state index < -0.39 is 10.2 Å². The Hall–Kier alpha value is -2.67. The molecule has 30 heavy (non-hydrogen) atoms. The molecule has 0 atom stereocenters. The van der Waals surface area contributed by atoms with Crippen molar-refractivity contribution in [1.82, 2.24) is 33.4 Å². The molecule has 2 saturated heterocycles. The van der Waals surface area contributed by atoms with Crippen molar-refractivity contribution in [1.29, 1.82) is 0 Å². The van der Waals surface area contributed by atoms with E-state index in [4.69, 9.17) is 4.74 Å². The van der Waals surface area contributed by atoms with E-state index in [1.165, 1.54) is 8.61 Å². The molecule has 11 nitrogen and oxygen atoms in total. The van der Waals surface area contributed by atoms with E-state index in [9.17, 15) is 8.42 Å². The number of rotatable bonds is 5. The van der Waals surface area contributed by atoms with Gasteiger partial charge in [-0.1, -0.05) is 0 Å².